The summed E-state index contributed by atoms with van der Waals surface area (Å²) in [5.41, 5.74) is -0.376. The second-order valence-corrected chi connectivity index (χ2v) is 10.4. The van der Waals surface area contributed by atoms with E-state index in [2.05, 4.69) is 6.92 Å². The maximum atomic E-state index is 13.5. The van der Waals surface area contributed by atoms with Crippen LogP contribution in [-0.4, -0.2) is 42.3 Å². The van der Waals surface area contributed by atoms with E-state index in [1.165, 1.54) is 18.6 Å². The van der Waals surface area contributed by atoms with E-state index >= 15 is 0 Å². The summed E-state index contributed by atoms with van der Waals surface area (Å²) in [6, 6.07) is 15.9. The molecule has 0 radical (unpaired) electrons. The Morgan fingerprint density at radius 3 is 2.17 bits per heavy atom. The lowest BCUT2D eigenvalue weighted by molar-refractivity contribution is -0.174. The van der Waals surface area contributed by atoms with Crippen LogP contribution in [0, 0.1) is 0 Å². The number of allylic oxidation sites excluding steroid dienone is 2. The number of hydrogen-bond acceptors (Lipinski definition) is 7. The fraction of sp³-hybridized carbons (Fsp3) is 0.441. The molecule has 2 atom stereocenters. The molecule has 0 fully saturated rings. The van der Waals surface area contributed by atoms with Gasteiger partial charge in [0, 0.05) is 12.5 Å². The standard InChI is InChI=1S/C34H42O7/c1-5-7-8-10-13-25(3)39-32(36)29-16-18-30(19-17-29)40-33(37)34(41-31(35)26(4)38-24-6-2)22-20-28(21-23-34)27-14-11-9-12-15-27/h9,11-12,14-23,25-26,28H,5-8,10,13,24H2,1-4H3/t25-,26-,28?,34?/m0/s1. The zero-order chi connectivity index (χ0) is 29.7. The lowest BCUT2D eigenvalue weighted by Crippen LogP contribution is -2.46. The van der Waals surface area contributed by atoms with Crippen LogP contribution < -0.4 is 4.74 Å². The number of carbonyl (C=O) groups excluding carboxylic acids is 3. The van der Waals surface area contributed by atoms with Gasteiger partial charge < -0.3 is 18.9 Å². The van der Waals surface area contributed by atoms with Crippen molar-refractivity contribution in [1.82, 2.24) is 0 Å². The quantitative estimate of drug-likeness (QED) is 0.0989. The molecule has 0 spiro atoms. The Labute approximate surface area is 243 Å². The molecule has 3 rings (SSSR count). The molecule has 7 heteroatoms. The zero-order valence-corrected chi connectivity index (χ0v) is 24.5. The molecule has 0 saturated heterocycles. The third kappa shape index (κ3) is 9.42. The molecule has 7 nitrogen and oxygen atoms in total. The number of ether oxygens (including phenoxy) is 4. The van der Waals surface area contributed by atoms with Gasteiger partial charge >= 0.3 is 17.9 Å². The van der Waals surface area contributed by atoms with E-state index in [-0.39, 0.29) is 17.8 Å². The predicted octanol–water partition coefficient (Wildman–Crippen LogP) is 7.11. The van der Waals surface area contributed by atoms with Crippen molar-refractivity contribution >= 4 is 17.9 Å². The molecular formula is C34H42O7. The minimum atomic E-state index is -1.77. The highest BCUT2D eigenvalue weighted by atomic mass is 16.6. The summed E-state index contributed by atoms with van der Waals surface area (Å²) in [5, 5.41) is 0. The van der Waals surface area contributed by atoms with Gasteiger partial charge in [-0.25, -0.2) is 14.4 Å². The summed E-state index contributed by atoms with van der Waals surface area (Å²) < 4.78 is 22.4. The summed E-state index contributed by atoms with van der Waals surface area (Å²) >= 11 is 0. The van der Waals surface area contributed by atoms with Crippen LogP contribution >= 0.6 is 0 Å². The van der Waals surface area contributed by atoms with E-state index < -0.39 is 29.6 Å². The number of benzene rings is 2. The van der Waals surface area contributed by atoms with E-state index in [0.29, 0.717) is 12.2 Å². The molecule has 0 bridgehead atoms. The minimum Gasteiger partial charge on any atom is -0.459 e. The molecule has 0 N–H and O–H groups in total. The van der Waals surface area contributed by atoms with Gasteiger partial charge in [0.1, 0.15) is 5.75 Å². The summed E-state index contributed by atoms with van der Waals surface area (Å²) in [5.74, 6) is -1.78. The smallest absolute Gasteiger partial charge is 0.364 e. The average molecular weight is 563 g/mol. The van der Waals surface area contributed by atoms with Gasteiger partial charge in [-0.15, -0.1) is 0 Å². The number of esters is 3. The average Bonchev–Trinajstić information content (AvgIpc) is 2.99. The Balaban J connectivity index is 1.70. The van der Waals surface area contributed by atoms with Gasteiger partial charge in [-0.1, -0.05) is 75.6 Å². The molecule has 2 aromatic rings. The Morgan fingerprint density at radius 2 is 1.54 bits per heavy atom. The highest BCUT2D eigenvalue weighted by molar-refractivity contribution is 5.92. The Morgan fingerprint density at radius 1 is 0.854 bits per heavy atom. The summed E-state index contributed by atoms with van der Waals surface area (Å²) in [7, 11) is 0. The third-order valence-electron chi connectivity index (χ3n) is 6.85. The van der Waals surface area contributed by atoms with Crippen molar-refractivity contribution in [2.75, 3.05) is 6.61 Å². The first kappa shape index (κ1) is 31.8. The van der Waals surface area contributed by atoms with Crippen molar-refractivity contribution in [2.45, 2.75) is 89.9 Å². The number of unbranched alkanes of at least 4 members (excludes halogenated alkanes) is 3. The molecular weight excluding hydrogens is 520 g/mol. The fourth-order valence-corrected chi connectivity index (χ4v) is 4.38. The molecule has 0 amide bonds. The highest BCUT2D eigenvalue weighted by Crippen LogP contribution is 2.31. The van der Waals surface area contributed by atoms with E-state index in [4.69, 9.17) is 18.9 Å². The van der Waals surface area contributed by atoms with Crippen molar-refractivity contribution in [2.24, 2.45) is 0 Å². The highest BCUT2D eigenvalue weighted by Gasteiger charge is 2.42. The van der Waals surface area contributed by atoms with Crippen molar-refractivity contribution < 1.29 is 33.3 Å². The first-order valence-corrected chi connectivity index (χ1v) is 14.6. The van der Waals surface area contributed by atoms with Gasteiger partial charge in [0.05, 0.1) is 11.7 Å². The molecule has 2 aromatic carbocycles. The number of hydrogen-bond donors (Lipinski definition) is 0. The van der Waals surface area contributed by atoms with Gasteiger partial charge in [0.25, 0.3) is 0 Å². The molecule has 220 valence electrons. The SMILES string of the molecule is CCCCCC[C@H](C)OC(=O)c1ccc(OC(=O)C2(OC(=O)[C@H](C)OCCC)C=CC(c3ccccc3)C=C2)cc1. The van der Waals surface area contributed by atoms with Crippen LogP contribution in [0.3, 0.4) is 0 Å². The first-order chi connectivity index (χ1) is 19.8. The first-order valence-electron chi connectivity index (χ1n) is 14.6. The minimum absolute atomic E-state index is 0.0936. The van der Waals surface area contributed by atoms with Crippen LogP contribution in [0.25, 0.3) is 0 Å². The lowest BCUT2D eigenvalue weighted by atomic mass is 9.88. The van der Waals surface area contributed by atoms with Crippen LogP contribution in [0.4, 0.5) is 0 Å². The summed E-state index contributed by atoms with van der Waals surface area (Å²) in [6.07, 6.45) is 11.7. The Bertz CT molecular complexity index is 1170. The monoisotopic (exact) mass is 562 g/mol. The normalized spacial score (nSPS) is 19.3. The van der Waals surface area contributed by atoms with E-state index in [1.54, 1.807) is 31.2 Å². The second kappa shape index (κ2) is 15.9. The lowest BCUT2D eigenvalue weighted by Gasteiger charge is -2.30. The van der Waals surface area contributed by atoms with Crippen LogP contribution in [0.15, 0.2) is 78.9 Å². The summed E-state index contributed by atoms with van der Waals surface area (Å²) in [4.78, 5) is 38.9. The molecule has 41 heavy (non-hydrogen) atoms. The van der Waals surface area contributed by atoms with E-state index in [9.17, 15) is 14.4 Å². The van der Waals surface area contributed by atoms with Crippen LogP contribution in [0.2, 0.25) is 0 Å². The van der Waals surface area contributed by atoms with Gasteiger partial charge in [-0.3, -0.25) is 0 Å². The Hall–Kier alpha value is -3.71. The summed E-state index contributed by atoms with van der Waals surface area (Å²) in [6.45, 7) is 7.96. The van der Waals surface area contributed by atoms with Crippen LogP contribution in [0.5, 0.6) is 5.75 Å². The van der Waals surface area contributed by atoms with E-state index in [0.717, 1.165) is 37.7 Å². The van der Waals surface area contributed by atoms with Gasteiger partial charge in [0.15, 0.2) is 6.10 Å². The van der Waals surface area contributed by atoms with Gasteiger partial charge in [0.2, 0.25) is 5.60 Å². The maximum Gasteiger partial charge on any atom is 0.364 e. The van der Waals surface area contributed by atoms with Crippen molar-refractivity contribution in [3.63, 3.8) is 0 Å². The number of rotatable bonds is 15. The van der Waals surface area contributed by atoms with Gasteiger partial charge in [-0.05, 0) is 75.1 Å². The van der Waals surface area contributed by atoms with E-state index in [1.807, 2.05) is 56.3 Å². The molecule has 1 aliphatic rings. The fourth-order valence-electron chi connectivity index (χ4n) is 4.38. The van der Waals surface area contributed by atoms with Gasteiger partial charge in [-0.2, -0.15) is 0 Å². The molecule has 0 heterocycles. The Kier molecular flexibility index (Phi) is 12.3. The van der Waals surface area contributed by atoms with Crippen LogP contribution in [-0.2, 0) is 23.8 Å². The van der Waals surface area contributed by atoms with Crippen molar-refractivity contribution in [1.29, 1.82) is 0 Å². The van der Waals surface area contributed by atoms with Crippen molar-refractivity contribution in [3.8, 4) is 5.75 Å². The van der Waals surface area contributed by atoms with Crippen molar-refractivity contribution in [3.05, 3.63) is 90.0 Å². The third-order valence-corrected chi connectivity index (χ3v) is 6.85. The zero-order valence-electron chi connectivity index (χ0n) is 24.5. The molecule has 0 aromatic heterocycles. The number of carbonyl (C=O) groups is 3. The van der Waals surface area contributed by atoms with Crippen LogP contribution in [0.1, 0.15) is 88.1 Å². The molecule has 0 saturated carbocycles. The maximum absolute atomic E-state index is 13.5. The topological polar surface area (TPSA) is 88.1 Å². The molecule has 1 aliphatic carbocycles. The predicted molar refractivity (Wildman–Crippen MR) is 158 cm³/mol. The largest absolute Gasteiger partial charge is 0.459 e. The molecule has 0 aliphatic heterocycles. The second-order valence-electron chi connectivity index (χ2n) is 10.4. The molecule has 0 unspecified atom stereocenters.